The zero-order chi connectivity index (χ0) is 22.8. The number of piperidine rings is 1. The summed E-state index contributed by atoms with van der Waals surface area (Å²) < 4.78 is 0. The van der Waals surface area contributed by atoms with Crippen LogP contribution in [0.3, 0.4) is 0 Å². The molecule has 0 spiro atoms. The molecule has 0 aromatic heterocycles. The second-order valence-corrected chi connectivity index (χ2v) is 7.08. The summed E-state index contributed by atoms with van der Waals surface area (Å²) in [4.78, 5) is 40.5. The summed E-state index contributed by atoms with van der Waals surface area (Å²) in [7, 11) is 0. The standard InChI is InChI=1S/C12H21NO.C6H3N3O7/c1-11(2)10-12(14)6-9-13-7-4-3-5-8-13;10-6-4(8(13)14)1-3(7(11)12)2-5(6)9(15)16/h10H,3-9H2,1-2H3;1-2,10H. The minimum Gasteiger partial charge on any atom is -0.863 e. The third kappa shape index (κ3) is 7.91. The first-order valence-corrected chi connectivity index (χ1v) is 9.32. The fourth-order valence-corrected chi connectivity index (χ4v) is 2.96. The number of nitro groups is 3. The number of carbonyl (C=O) groups excluding carboxylic acids is 1. The van der Waals surface area contributed by atoms with Crippen LogP contribution in [0.15, 0.2) is 23.8 Å². The van der Waals surface area contributed by atoms with Gasteiger partial charge in [0.1, 0.15) is 0 Å². The van der Waals surface area contributed by atoms with Gasteiger partial charge in [-0.15, -0.1) is 0 Å². The molecule has 1 aromatic rings. The van der Waals surface area contributed by atoms with Crippen LogP contribution in [-0.2, 0) is 4.79 Å². The molecule has 164 valence electrons. The van der Waals surface area contributed by atoms with Crippen molar-refractivity contribution < 1.29 is 29.6 Å². The lowest BCUT2D eigenvalue weighted by Crippen LogP contribution is -3.12. The Kier molecular flexibility index (Phi) is 9.49. The first-order chi connectivity index (χ1) is 14.0. The van der Waals surface area contributed by atoms with Crippen molar-refractivity contribution in [1.29, 1.82) is 0 Å². The van der Waals surface area contributed by atoms with Crippen molar-refractivity contribution in [2.45, 2.75) is 39.5 Å². The minimum atomic E-state index is -1.46. The van der Waals surface area contributed by atoms with Gasteiger partial charge in [0, 0.05) is 0 Å². The Bertz CT molecular complexity index is 808. The largest absolute Gasteiger partial charge is 0.863 e. The number of carbonyl (C=O) groups is 1. The highest BCUT2D eigenvalue weighted by Gasteiger charge is 2.24. The number of ketones is 1. The first kappa shape index (κ1) is 24.6. The normalized spacial score (nSPS) is 13.5. The third-order valence-corrected chi connectivity index (χ3v) is 4.37. The van der Waals surface area contributed by atoms with Crippen LogP contribution in [-0.4, -0.2) is 40.2 Å². The van der Waals surface area contributed by atoms with E-state index in [-0.39, 0.29) is 0 Å². The van der Waals surface area contributed by atoms with E-state index in [2.05, 4.69) is 0 Å². The number of benzene rings is 1. The molecule has 12 nitrogen and oxygen atoms in total. The lowest BCUT2D eigenvalue weighted by Gasteiger charge is -2.22. The lowest BCUT2D eigenvalue weighted by molar-refractivity contribution is -0.904. The fourth-order valence-electron chi connectivity index (χ4n) is 2.96. The van der Waals surface area contributed by atoms with Crippen LogP contribution in [0.1, 0.15) is 39.5 Å². The van der Waals surface area contributed by atoms with Gasteiger partial charge in [0.25, 0.3) is 17.1 Å². The molecule has 0 radical (unpaired) electrons. The lowest BCUT2D eigenvalue weighted by atomic mass is 10.1. The molecule has 1 aliphatic heterocycles. The summed E-state index contributed by atoms with van der Waals surface area (Å²) in [5.74, 6) is -1.16. The van der Waals surface area contributed by atoms with Crippen LogP contribution in [0.5, 0.6) is 5.75 Å². The fraction of sp³-hybridized carbons (Fsp3) is 0.500. The van der Waals surface area contributed by atoms with E-state index in [0.29, 0.717) is 17.9 Å². The number of hydrogen-bond acceptors (Lipinski definition) is 8. The highest BCUT2D eigenvalue weighted by molar-refractivity contribution is 5.90. The SMILES string of the molecule is CC(C)=CC(=O)CC[NH+]1CCCCC1.O=[N+]([O-])c1cc([N+](=O)[O-])c([O-])c([N+](=O)[O-])c1. The molecule has 0 atom stereocenters. The number of hydrogen-bond donors (Lipinski definition) is 1. The zero-order valence-electron chi connectivity index (χ0n) is 16.8. The molecule has 1 aromatic carbocycles. The molecule has 1 aliphatic rings. The van der Waals surface area contributed by atoms with Crippen molar-refractivity contribution in [1.82, 2.24) is 0 Å². The Hall–Kier alpha value is -3.41. The summed E-state index contributed by atoms with van der Waals surface area (Å²) in [5, 5.41) is 42.1. The Balaban J connectivity index is 0.000000303. The van der Waals surface area contributed by atoms with Crippen molar-refractivity contribution >= 4 is 22.8 Å². The maximum atomic E-state index is 11.4. The quantitative estimate of drug-likeness (QED) is 0.389. The van der Waals surface area contributed by atoms with Crippen molar-refractivity contribution in [2.75, 3.05) is 19.6 Å². The van der Waals surface area contributed by atoms with Gasteiger partial charge in [0.15, 0.2) is 5.78 Å². The van der Waals surface area contributed by atoms with Gasteiger partial charge in [-0.1, -0.05) is 5.57 Å². The summed E-state index contributed by atoms with van der Waals surface area (Å²) in [5.41, 5.74) is -2.15. The van der Waals surface area contributed by atoms with Gasteiger partial charge in [-0.05, 0) is 39.2 Å². The highest BCUT2D eigenvalue weighted by Crippen LogP contribution is 2.36. The Morgan fingerprint density at radius 1 is 0.967 bits per heavy atom. The maximum Gasteiger partial charge on any atom is 0.283 e. The average molecular weight is 424 g/mol. The Morgan fingerprint density at radius 3 is 1.87 bits per heavy atom. The van der Waals surface area contributed by atoms with Crippen LogP contribution in [0, 0.1) is 30.3 Å². The van der Waals surface area contributed by atoms with E-state index in [0.717, 1.165) is 18.5 Å². The van der Waals surface area contributed by atoms with E-state index in [1.807, 2.05) is 13.8 Å². The van der Waals surface area contributed by atoms with Gasteiger partial charge in [-0.25, -0.2) is 0 Å². The topological polar surface area (TPSA) is 174 Å². The summed E-state index contributed by atoms with van der Waals surface area (Å²) >= 11 is 0. The number of non-ortho nitro benzene ring substituents is 1. The van der Waals surface area contributed by atoms with Gasteiger partial charge in [-0.2, -0.15) is 0 Å². The number of nitrogens with zero attached hydrogens (tertiary/aromatic N) is 3. The van der Waals surface area contributed by atoms with E-state index < -0.39 is 37.6 Å². The molecular weight excluding hydrogens is 400 g/mol. The summed E-state index contributed by atoms with van der Waals surface area (Å²) in [6, 6.07) is 0.769. The molecule has 2 rings (SSSR count). The molecule has 12 heteroatoms. The number of nitro benzene ring substituents is 3. The highest BCUT2D eigenvalue weighted by atomic mass is 16.6. The molecule has 30 heavy (non-hydrogen) atoms. The van der Waals surface area contributed by atoms with E-state index in [4.69, 9.17) is 0 Å². The molecular formula is C18H24N4O8. The van der Waals surface area contributed by atoms with Crippen molar-refractivity contribution in [3.8, 4) is 5.75 Å². The maximum absolute atomic E-state index is 11.4. The van der Waals surface area contributed by atoms with E-state index in [1.54, 1.807) is 11.0 Å². The Morgan fingerprint density at radius 2 is 1.47 bits per heavy atom. The number of nitrogens with one attached hydrogen (secondary N) is 1. The van der Waals surface area contributed by atoms with E-state index >= 15 is 0 Å². The number of quaternary nitrogens is 1. The van der Waals surface area contributed by atoms with Gasteiger partial charge in [0.2, 0.25) is 0 Å². The zero-order valence-corrected chi connectivity index (χ0v) is 16.8. The summed E-state index contributed by atoms with van der Waals surface area (Å²) in [6.45, 7) is 7.52. The molecule has 0 unspecified atom stereocenters. The molecule has 0 bridgehead atoms. The molecule has 1 heterocycles. The molecule has 0 aliphatic carbocycles. The summed E-state index contributed by atoms with van der Waals surface area (Å²) in [6.07, 6.45) is 6.55. The van der Waals surface area contributed by atoms with Gasteiger partial charge >= 0.3 is 0 Å². The molecule has 0 saturated carbocycles. The second kappa shape index (κ2) is 11.6. The van der Waals surface area contributed by atoms with Crippen LogP contribution in [0.25, 0.3) is 0 Å². The molecule has 1 saturated heterocycles. The Labute approximate surface area is 172 Å². The molecule has 1 N–H and O–H groups in total. The average Bonchev–Trinajstić information content (AvgIpc) is 2.66. The van der Waals surface area contributed by atoms with Crippen LogP contribution in [0.2, 0.25) is 0 Å². The second-order valence-electron chi connectivity index (χ2n) is 7.08. The van der Waals surface area contributed by atoms with Crippen LogP contribution in [0.4, 0.5) is 17.1 Å². The van der Waals surface area contributed by atoms with Crippen molar-refractivity contribution in [3.63, 3.8) is 0 Å². The third-order valence-electron chi connectivity index (χ3n) is 4.37. The number of likely N-dealkylation sites (tertiary alicyclic amines) is 1. The minimum absolute atomic E-state index is 0.295. The van der Waals surface area contributed by atoms with Gasteiger partial charge in [0.05, 0.1) is 58.7 Å². The predicted molar refractivity (Wildman–Crippen MR) is 104 cm³/mol. The first-order valence-electron chi connectivity index (χ1n) is 9.32. The van der Waals surface area contributed by atoms with Crippen LogP contribution >= 0.6 is 0 Å². The smallest absolute Gasteiger partial charge is 0.283 e. The number of allylic oxidation sites excluding steroid dienone is 2. The van der Waals surface area contributed by atoms with Gasteiger partial charge in [-0.3, -0.25) is 35.1 Å². The van der Waals surface area contributed by atoms with Crippen molar-refractivity contribution in [3.05, 3.63) is 54.1 Å². The molecule has 1 fully saturated rings. The van der Waals surface area contributed by atoms with E-state index in [1.165, 1.54) is 32.4 Å². The monoisotopic (exact) mass is 424 g/mol. The predicted octanol–water partition coefficient (Wildman–Crippen LogP) is 1.47. The van der Waals surface area contributed by atoms with Gasteiger partial charge < -0.3 is 10.0 Å². The van der Waals surface area contributed by atoms with Crippen LogP contribution < -0.4 is 10.0 Å². The molecule has 0 amide bonds. The number of rotatable bonds is 7. The van der Waals surface area contributed by atoms with Crippen molar-refractivity contribution in [2.24, 2.45) is 0 Å². The van der Waals surface area contributed by atoms with E-state index in [9.17, 15) is 40.2 Å².